The number of ether oxygens (including phenoxy) is 3. The fourth-order valence-electron chi connectivity index (χ4n) is 2.54. The topological polar surface area (TPSA) is 56.8 Å². The number of hydrogen-bond acceptors (Lipinski definition) is 4. The molecule has 0 bridgehead atoms. The Morgan fingerprint density at radius 3 is 2.62 bits per heavy atom. The smallest absolute Gasteiger partial charge is 0.224 e. The fraction of sp³-hybridized carbons (Fsp3) is 0.381. The van der Waals surface area contributed by atoms with E-state index in [1.54, 1.807) is 20.3 Å². The largest absolute Gasteiger partial charge is 0.497 e. The van der Waals surface area contributed by atoms with E-state index < -0.39 is 0 Å². The molecule has 0 aliphatic rings. The summed E-state index contributed by atoms with van der Waals surface area (Å²) in [6, 6.07) is 13.2. The van der Waals surface area contributed by atoms with Gasteiger partial charge in [0.15, 0.2) is 0 Å². The highest BCUT2D eigenvalue weighted by molar-refractivity contribution is 5.79. The number of benzene rings is 2. The van der Waals surface area contributed by atoms with Crippen LogP contribution in [-0.2, 0) is 17.8 Å². The molecular weight excluding hydrogens is 330 g/mol. The van der Waals surface area contributed by atoms with Crippen molar-refractivity contribution in [1.29, 1.82) is 0 Å². The van der Waals surface area contributed by atoms with Crippen molar-refractivity contribution in [3.8, 4) is 17.2 Å². The van der Waals surface area contributed by atoms with E-state index in [0.29, 0.717) is 24.7 Å². The quantitative estimate of drug-likeness (QED) is 0.658. The molecule has 0 aromatic heterocycles. The third-order valence-electron chi connectivity index (χ3n) is 3.99. The van der Waals surface area contributed by atoms with Gasteiger partial charge in [0, 0.05) is 12.1 Å². The summed E-state index contributed by atoms with van der Waals surface area (Å²) in [5.74, 6) is 2.13. The highest BCUT2D eigenvalue weighted by Crippen LogP contribution is 2.24. The average Bonchev–Trinajstić information content (AvgIpc) is 2.67. The lowest BCUT2D eigenvalue weighted by atomic mass is 10.1. The maximum absolute atomic E-state index is 12.3. The van der Waals surface area contributed by atoms with Gasteiger partial charge in [-0.1, -0.05) is 25.5 Å². The summed E-state index contributed by atoms with van der Waals surface area (Å²) in [5, 5.41) is 2.94. The molecule has 5 nitrogen and oxygen atoms in total. The molecule has 0 fully saturated rings. The van der Waals surface area contributed by atoms with Crippen molar-refractivity contribution in [2.75, 3.05) is 20.8 Å². The molecule has 1 amide bonds. The molecule has 140 valence electrons. The predicted molar refractivity (Wildman–Crippen MR) is 102 cm³/mol. The van der Waals surface area contributed by atoms with Gasteiger partial charge in [0.1, 0.15) is 17.2 Å². The standard InChI is InChI=1S/C21H27NO4/c1-4-5-11-26-19-8-6-7-16(12-19)15-22-21(23)14-17-13-18(24-2)9-10-20(17)25-3/h6-10,12-13H,4-5,11,14-15H2,1-3H3,(H,22,23). The Kier molecular flexibility index (Phi) is 7.80. The summed E-state index contributed by atoms with van der Waals surface area (Å²) in [4.78, 5) is 12.3. The highest BCUT2D eigenvalue weighted by Gasteiger charge is 2.10. The molecule has 0 atom stereocenters. The number of hydrogen-bond donors (Lipinski definition) is 1. The van der Waals surface area contributed by atoms with Gasteiger partial charge in [-0.3, -0.25) is 4.79 Å². The summed E-state index contributed by atoms with van der Waals surface area (Å²) < 4.78 is 16.2. The van der Waals surface area contributed by atoms with Crippen molar-refractivity contribution in [2.24, 2.45) is 0 Å². The summed E-state index contributed by atoms with van der Waals surface area (Å²) in [6.45, 7) is 3.30. The molecule has 2 aromatic rings. The Morgan fingerprint density at radius 1 is 1.04 bits per heavy atom. The molecule has 0 radical (unpaired) electrons. The van der Waals surface area contributed by atoms with E-state index in [1.165, 1.54) is 0 Å². The fourth-order valence-corrected chi connectivity index (χ4v) is 2.54. The van der Waals surface area contributed by atoms with Gasteiger partial charge in [-0.15, -0.1) is 0 Å². The van der Waals surface area contributed by atoms with Crippen LogP contribution in [0.25, 0.3) is 0 Å². The maximum Gasteiger partial charge on any atom is 0.224 e. The molecule has 0 unspecified atom stereocenters. The van der Waals surface area contributed by atoms with Crippen molar-refractivity contribution in [1.82, 2.24) is 5.32 Å². The molecule has 0 aliphatic carbocycles. The normalized spacial score (nSPS) is 10.3. The van der Waals surface area contributed by atoms with Gasteiger partial charge in [-0.25, -0.2) is 0 Å². The number of methoxy groups -OCH3 is 2. The van der Waals surface area contributed by atoms with Crippen LogP contribution in [0.5, 0.6) is 17.2 Å². The Balaban J connectivity index is 1.92. The molecule has 0 heterocycles. The highest BCUT2D eigenvalue weighted by atomic mass is 16.5. The zero-order valence-corrected chi connectivity index (χ0v) is 15.7. The van der Waals surface area contributed by atoms with E-state index in [4.69, 9.17) is 14.2 Å². The van der Waals surface area contributed by atoms with Crippen molar-refractivity contribution in [3.05, 3.63) is 53.6 Å². The van der Waals surface area contributed by atoms with Crippen LogP contribution in [-0.4, -0.2) is 26.7 Å². The minimum atomic E-state index is -0.0751. The summed E-state index contributed by atoms with van der Waals surface area (Å²) in [6.07, 6.45) is 2.36. The average molecular weight is 357 g/mol. The van der Waals surface area contributed by atoms with Gasteiger partial charge in [0.2, 0.25) is 5.91 Å². The van der Waals surface area contributed by atoms with Gasteiger partial charge < -0.3 is 19.5 Å². The number of carbonyl (C=O) groups is 1. The van der Waals surface area contributed by atoms with E-state index in [9.17, 15) is 4.79 Å². The summed E-state index contributed by atoms with van der Waals surface area (Å²) in [7, 11) is 3.19. The maximum atomic E-state index is 12.3. The van der Waals surface area contributed by atoms with Crippen molar-refractivity contribution in [2.45, 2.75) is 32.7 Å². The third kappa shape index (κ3) is 5.99. The second-order valence-corrected chi connectivity index (χ2v) is 5.98. The first-order valence-corrected chi connectivity index (χ1v) is 8.85. The van der Waals surface area contributed by atoms with Gasteiger partial charge in [0.05, 0.1) is 27.2 Å². The summed E-state index contributed by atoms with van der Waals surface area (Å²) in [5.41, 5.74) is 1.80. The van der Waals surface area contributed by atoms with Gasteiger partial charge in [0.25, 0.3) is 0 Å². The van der Waals surface area contributed by atoms with E-state index >= 15 is 0 Å². The van der Waals surface area contributed by atoms with Crippen LogP contribution in [0, 0.1) is 0 Å². The van der Waals surface area contributed by atoms with Crippen LogP contribution in [0.2, 0.25) is 0 Å². The van der Waals surface area contributed by atoms with E-state index in [2.05, 4.69) is 12.2 Å². The Morgan fingerprint density at radius 2 is 1.88 bits per heavy atom. The zero-order chi connectivity index (χ0) is 18.8. The molecule has 0 spiro atoms. The molecule has 5 heteroatoms. The number of rotatable bonds is 10. The molecular formula is C21H27NO4. The predicted octanol–water partition coefficient (Wildman–Crippen LogP) is 3.74. The monoisotopic (exact) mass is 357 g/mol. The molecule has 26 heavy (non-hydrogen) atoms. The van der Waals surface area contributed by atoms with E-state index in [0.717, 1.165) is 29.7 Å². The minimum absolute atomic E-state index is 0.0751. The molecule has 0 saturated heterocycles. The van der Waals surface area contributed by atoms with Crippen molar-refractivity contribution < 1.29 is 19.0 Å². The second-order valence-electron chi connectivity index (χ2n) is 5.98. The van der Waals surface area contributed by atoms with Gasteiger partial charge >= 0.3 is 0 Å². The SMILES string of the molecule is CCCCOc1cccc(CNC(=O)Cc2cc(OC)ccc2OC)c1. The lowest BCUT2D eigenvalue weighted by Gasteiger charge is -2.11. The van der Waals surface area contributed by atoms with Crippen LogP contribution in [0.4, 0.5) is 0 Å². The lowest BCUT2D eigenvalue weighted by molar-refractivity contribution is -0.120. The van der Waals surface area contributed by atoms with Crippen molar-refractivity contribution >= 4 is 5.91 Å². The van der Waals surface area contributed by atoms with Crippen LogP contribution in [0.1, 0.15) is 30.9 Å². The van der Waals surface area contributed by atoms with Crippen molar-refractivity contribution in [3.63, 3.8) is 0 Å². The number of carbonyl (C=O) groups excluding carboxylic acids is 1. The molecule has 0 aliphatic heterocycles. The first kappa shape index (κ1) is 19.6. The molecule has 0 saturated carbocycles. The first-order chi connectivity index (χ1) is 12.7. The molecule has 2 rings (SSSR count). The number of unbranched alkanes of at least 4 members (excludes halogenated alkanes) is 1. The van der Waals surface area contributed by atoms with Crippen LogP contribution >= 0.6 is 0 Å². The minimum Gasteiger partial charge on any atom is -0.497 e. The Hall–Kier alpha value is -2.69. The first-order valence-electron chi connectivity index (χ1n) is 8.85. The van der Waals surface area contributed by atoms with Crippen LogP contribution in [0.15, 0.2) is 42.5 Å². The molecule has 1 N–H and O–H groups in total. The Bertz CT molecular complexity index is 715. The molecule has 2 aromatic carbocycles. The lowest BCUT2D eigenvalue weighted by Crippen LogP contribution is -2.24. The summed E-state index contributed by atoms with van der Waals surface area (Å²) >= 11 is 0. The second kappa shape index (κ2) is 10.3. The third-order valence-corrected chi connectivity index (χ3v) is 3.99. The van der Waals surface area contributed by atoms with Gasteiger partial charge in [-0.05, 0) is 42.3 Å². The van der Waals surface area contributed by atoms with Crippen LogP contribution in [0.3, 0.4) is 0 Å². The van der Waals surface area contributed by atoms with Gasteiger partial charge in [-0.2, -0.15) is 0 Å². The van der Waals surface area contributed by atoms with Crippen LogP contribution < -0.4 is 19.5 Å². The zero-order valence-electron chi connectivity index (χ0n) is 15.7. The Labute approximate surface area is 155 Å². The van der Waals surface area contributed by atoms with E-state index in [1.807, 2.05) is 36.4 Å². The van der Waals surface area contributed by atoms with E-state index in [-0.39, 0.29) is 12.3 Å². The number of amides is 1. The number of nitrogens with one attached hydrogen (secondary N) is 1.